The highest BCUT2D eigenvalue weighted by atomic mass is 16.6. The minimum absolute atomic E-state index is 0.312. The molecule has 0 aromatic rings. The van der Waals surface area contributed by atoms with Crippen molar-refractivity contribution in [3.63, 3.8) is 0 Å². The number of amides is 1. The summed E-state index contributed by atoms with van der Waals surface area (Å²) in [5.41, 5.74) is -0.432. The minimum Gasteiger partial charge on any atom is -0.444 e. The summed E-state index contributed by atoms with van der Waals surface area (Å²) in [4.78, 5) is 11.8. The fourth-order valence-electron chi connectivity index (χ4n) is 2.97. The van der Waals surface area contributed by atoms with Crippen LogP contribution in [0.3, 0.4) is 0 Å². The zero-order chi connectivity index (χ0) is 16.4. The summed E-state index contributed by atoms with van der Waals surface area (Å²) >= 11 is 0. The van der Waals surface area contributed by atoms with E-state index in [1.165, 1.54) is 44.9 Å². The Morgan fingerprint density at radius 2 is 1.91 bits per heavy atom. The molecule has 0 bridgehead atoms. The molecule has 22 heavy (non-hydrogen) atoms. The minimum atomic E-state index is -0.432. The molecule has 1 aliphatic carbocycles. The molecule has 2 N–H and O–H groups in total. The van der Waals surface area contributed by atoms with Crippen molar-refractivity contribution in [1.82, 2.24) is 10.6 Å². The highest BCUT2D eigenvalue weighted by Crippen LogP contribution is 2.23. The van der Waals surface area contributed by atoms with Crippen LogP contribution in [0.2, 0.25) is 0 Å². The molecule has 1 amide bonds. The largest absolute Gasteiger partial charge is 0.444 e. The van der Waals surface area contributed by atoms with E-state index in [2.05, 4.69) is 17.6 Å². The third-order valence-corrected chi connectivity index (χ3v) is 4.22. The lowest BCUT2D eigenvalue weighted by Gasteiger charge is -2.26. The molecule has 4 nitrogen and oxygen atoms in total. The van der Waals surface area contributed by atoms with Crippen LogP contribution in [0.1, 0.15) is 79.1 Å². The van der Waals surface area contributed by atoms with Crippen molar-refractivity contribution in [1.29, 1.82) is 0 Å². The number of carbonyl (C=O) groups excluding carboxylic acids is 1. The predicted octanol–water partition coefficient (Wildman–Crippen LogP) is 4.24. The van der Waals surface area contributed by atoms with Gasteiger partial charge in [0.25, 0.3) is 0 Å². The highest BCUT2D eigenvalue weighted by Gasteiger charge is 2.19. The number of carbonyl (C=O) groups is 1. The predicted molar refractivity (Wildman–Crippen MR) is 92.1 cm³/mol. The SMILES string of the molecule is CCCCC(CNC(=O)OC(C)(C)C)NCC1CCCCC1. The van der Waals surface area contributed by atoms with E-state index in [-0.39, 0.29) is 6.09 Å². The van der Waals surface area contributed by atoms with Crippen LogP contribution in [0, 0.1) is 5.92 Å². The average molecular weight is 312 g/mol. The summed E-state index contributed by atoms with van der Waals surface area (Å²) < 4.78 is 5.31. The van der Waals surface area contributed by atoms with E-state index >= 15 is 0 Å². The van der Waals surface area contributed by atoms with Gasteiger partial charge in [-0.15, -0.1) is 0 Å². The Morgan fingerprint density at radius 3 is 2.50 bits per heavy atom. The first kappa shape index (κ1) is 19.3. The van der Waals surface area contributed by atoms with Crippen LogP contribution in [0.4, 0.5) is 4.79 Å². The number of alkyl carbamates (subject to hydrolysis) is 1. The maximum atomic E-state index is 11.8. The maximum absolute atomic E-state index is 11.8. The van der Waals surface area contributed by atoms with Crippen molar-refractivity contribution in [2.75, 3.05) is 13.1 Å². The number of ether oxygens (including phenoxy) is 1. The average Bonchev–Trinajstić information content (AvgIpc) is 2.45. The van der Waals surface area contributed by atoms with E-state index < -0.39 is 5.60 Å². The quantitative estimate of drug-likeness (QED) is 0.705. The normalized spacial score (nSPS) is 18.0. The zero-order valence-corrected chi connectivity index (χ0v) is 15.0. The Labute approximate surface area is 136 Å². The number of nitrogens with one attached hydrogen (secondary N) is 2. The van der Waals surface area contributed by atoms with Gasteiger partial charge in [-0.25, -0.2) is 4.79 Å². The Hall–Kier alpha value is -0.770. The second-order valence-electron chi connectivity index (χ2n) is 7.63. The van der Waals surface area contributed by atoms with Crippen LogP contribution in [0.5, 0.6) is 0 Å². The Kier molecular flexibility index (Phi) is 8.84. The molecule has 0 radical (unpaired) electrons. The molecule has 0 spiro atoms. The van der Waals surface area contributed by atoms with Crippen LogP contribution in [0.15, 0.2) is 0 Å². The van der Waals surface area contributed by atoms with Crippen LogP contribution in [-0.4, -0.2) is 30.8 Å². The van der Waals surface area contributed by atoms with Crippen LogP contribution >= 0.6 is 0 Å². The monoisotopic (exact) mass is 312 g/mol. The second-order valence-corrected chi connectivity index (χ2v) is 7.63. The summed E-state index contributed by atoms with van der Waals surface area (Å²) in [6.45, 7) is 9.62. The van der Waals surface area contributed by atoms with Gasteiger partial charge in [-0.05, 0) is 52.5 Å². The maximum Gasteiger partial charge on any atom is 0.407 e. The Balaban J connectivity index is 2.30. The Bertz CT molecular complexity index is 307. The zero-order valence-electron chi connectivity index (χ0n) is 15.0. The molecule has 1 rings (SSSR count). The van der Waals surface area contributed by atoms with Crippen LogP contribution in [0.25, 0.3) is 0 Å². The van der Waals surface area contributed by atoms with Gasteiger partial charge in [-0.2, -0.15) is 0 Å². The molecular weight excluding hydrogens is 276 g/mol. The van der Waals surface area contributed by atoms with E-state index in [9.17, 15) is 4.79 Å². The first-order valence-electron chi connectivity index (χ1n) is 9.11. The lowest BCUT2D eigenvalue weighted by molar-refractivity contribution is 0.0521. The van der Waals surface area contributed by atoms with Crippen molar-refractivity contribution in [3.05, 3.63) is 0 Å². The van der Waals surface area contributed by atoms with E-state index in [4.69, 9.17) is 4.74 Å². The lowest BCUT2D eigenvalue weighted by atomic mass is 9.89. The second kappa shape index (κ2) is 10.1. The summed E-state index contributed by atoms with van der Waals surface area (Å²) in [7, 11) is 0. The van der Waals surface area contributed by atoms with Gasteiger partial charge in [0.1, 0.15) is 5.60 Å². The molecule has 1 atom stereocenters. The van der Waals surface area contributed by atoms with Gasteiger partial charge in [0, 0.05) is 12.6 Å². The van der Waals surface area contributed by atoms with Gasteiger partial charge in [-0.1, -0.05) is 39.0 Å². The van der Waals surface area contributed by atoms with Gasteiger partial charge in [0.2, 0.25) is 0 Å². The van der Waals surface area contributed by atoms with Crippen molar-refractivity contribution in [2.45, 2.75) is 90.7 Å². The topological polar surface area (TPSA) is 50.4 Å². The van der Waals surface area contributed by atoms with Gasteiger partial charge >= 0.3 is 6.09 Å². The summed E-state index contributed by atoms with van der Waals surface area (Å²) in [5.74, 6) is 0.819. The molecule has 130 valence electrons. The standard InChI is InChI=1S/C18H36N2O2/c1-5-6-12-16(14-20-17(21)22-18(2,3)4)19-13-15-10-8-7-9-11-15/h15-16,19H,5-14H2,1-4H3,(H,20,21). The van der Waals surface area contributed by atoms with Gasteiger partial charge in [0.05, 0.1) is 0 Å². The molecule has 1 aliphatic rings. The molecule has 1 unspecified atom stereocenters. The molecule has 1 saturated carbocycles. The third-order valence-electron chi connectivity index (χ3n) is 4.22. The molecule has 0 heterocycles. The van der Waals surface area contributed by atoms with Crippen molar-refractivity contribution in [2.24, 2.45) is 5.92 Å². The van der Waals surface area contributed by atoms with Crippen LogP contribution < -0.4 is 10.6 Å². The van der Waals surface area contributed by atoms with Crippen molar-refractivity contribution in [3.8, 4) is 0 Å². The molecule has 0 saturated heterocycles. The van der Waals surface area contributed by atoms with E-state index in [0.29, 0.717) is 12.6 Å². The van der Waals surface area contributed by atoms with E-state index in [1.807, 2.05) is 20.8 Å². The summed E-state index contributed by atoms with van der Waals surface area (Å²) in [6, 6.07) is 0.356. The molecule has 4 heteroatoms. The third kappa shape index (κ3) is 9.29. The first-order valence-corrected chi connectivity index (χ1v) is 9.11. The first-order chi connectivity index (χ1) is 10.4. The number of hydrogen-bond acceptors (Lipinski definition) is 3. The summed E-state index contributed by atoms with van der Waals surface area (Å²) in [5, 5.41) is 6.58. The Morgan fingerprint density at radius 1 is 1.23 bits per heavy atom. The number of hydrogen-bond donors (Lipinski definition) is 2. The van der Waals surface area contributed by atoms with Gasteiger partial charge in [0.15, 0.2) is 0 Å². The van der Waals surface area contributed by atoms with E-state index in [1.54, 1.807) is 0 Å². The fraction of sp³-hybridized carbons (Fsp3) is 0.944. The number of unbranched alkanes of at least 4 members (excludes halogenated alkanes) is 1. The molecular formula is C18H36N2O2. The van der Waals surface area contributed by atoms with Crippen LogP contribution in [-0.2, 0) is 4.74 Å². The molecule has 0 aliphatic heterocycles. The molecule has 1 fully saturated rings. The molecule has 0 aromatic heterocycles. The fourth-order valence-corrected chi connectivity index (χ4v) is 2.97. The lowest BCUT2D eigenvalue weighted by Crippen LogP contribution is -2.44. The van der Waals surface area contributed by atoms with Crippen molar-refractivity contribution >= 4 is 6.09 Å². The molecule has 0 aromatic carbocycles. The smallest absolute Gasteiger partial charge is 0.407 e. The number of rotatable bonds is 8. The highest BCUT2D eigenvalue weighted by molar-refractivity contribution is 5.67. The van der Waals surface area contributed by atoms with Gasteiger partial charge < -0.3 is 15.4 Å². The van der Waals surface area contributed by atoms with E-state index in [0.717, 1.165) is 18.9 Å². The van der Waals surface area contributed by atoms with Crippen molar-refractivity contribution < 1.29 is 9.53 Å². The van der Waals surface area contributed by atoms with Gasteiger partial charge in [-0.3, -0.25) is 0 Å². The summed E-state index contributed by atoms with van der Waals surface area (Å²) in [6.07, 6.45) is 10.0.